The Kier molecular flexibility index (Phi) is 12.1. The molecule has 2 aliphatic heterocycles. The van der Waals surface area contributed by atoms with Gasteiger partial charge in [0.05, 0.1) is 36.2 Å². The summed E-state index contributed by atoms with van der Waals surface area (Å²) in [7, 11) is -6.00. The minimum atomic E-state index is -6.00. The molecule has 0 saturated heterocycles. The first-order valence-corrected chi connectivity index (χ1v) is 19.6. The van der Waals surface area contributed by atoms with Crippen molar-refractivity contribution in [3.05, 3.63) is 142 Å². The van der Waals surface area contributed by atoms with E-state index in [0.29, 0.717) is 12.8 Å². The second kappa shape index (κ2) is 15.7. The zero-order valence-corrected chi connectivity index (χ0v) is 35.1. The van der Waals surface area contributed by atoms with Crippen molar-refractivity contribution in [2.45, 2.75) is 130 Å². The van der Waals surface area contributed by atoms with Gasteiger partial charge < -0.3 is 35.3 Å². The molecule has 4 aromatic carbocycles. The predicted octanol–water partition coefficient (Wildman–Crippen LogP) is 13.1. The Morgan fingerprint density at radius 3 is 0.911 bits per heavy atom. The fourth-order valence-corrected chi connectivity index (χ4v) is 6.92. The van der Waals surface area contributed by atoms with Gasteiger partial charge in [-0.1, -0.05) is 156 Å². The van der Waals surface area contributed by atoms with Gasteiger partial charge >= 0.3 is 14.2 Å². The van der Waals surface area contributed by atoms with Crippen molar-refractivity contribution in [2.75, 3.05) is 0 Å². The number of hydrogen-bond donors (Lipinski definition) is 0. The van der Waals surface area contributed by atoms with E-state index in [-0.39, 0.29) is 33.9 Å². The third-order valence-corrected chi connectivity index (χ3v) is 10.4. The van der Waals surface area contributed by atoms with Crippen LogP contribution in [0, 0.1) is 0 Å². The molecule has 10 heteroatoms. The highest BCUT2D eigenvalue weighted by atomic mass is 19.5. The molecular formula is C46H58B2F4O4. The molecule has 0 aliphatic carbocycles. The first-order chi connectivity index (χ1) is 25.7. The van der Waals surface area contributed by atoms with Gasteiger partial charge in [-0.25, -0.2) is 0 Å². The molecule has 2 atom stereocenters. The van der Waals surface area contributed by atoms with Gasteiger partial charge in [0.15, 0.2) is 0 Å². The Bertz CT molecular complexity index is 1860. The van der Waals surface area contributed by atoms with E-state index in [1.807, 2.05) is 0 Å². The number of carbonyl (C=O) groups excluding carboxylic acids is 2. The van der Waals surface area contributed by atoms with Gasteiger partial charge in [-0.15, -0.1) is 0 Å². The lowest BCUT2D eigenvalue weighted by Crippen LogP contribution is -2.50. The van der Waals surface area contributed by atoms with E-state index in [9.17, 15) is 17.3 Å². The largest absolute Gasteiger partial charge is 1.16 e. The van der Waals surface area contributed by atoms with Crippen molar-refractivity contribution in [1.82, 2.24) is 0 Å². The minimum absolute atomic E-state index is 0.0416. The lowest BCUT2D eigenvalue weighted by atomic mass is 9.84. The van der Waals surface area contributed by atoms with Crippen LogP contribution in [0.25, 0.3) is 0 Å². The normalized spacial score (nSPS) is 20.9. The average Bonchev–Trinajstić information content (AvgIpc) is 3.09. The van der Waals surface area contributed by atoms with Crippen LogP contribution in [0.5, 0.6) is 0 Å². The molecule has 2 unspecified atom stereocenters. The summed E-state index contributed by atoms with van der Waals surface area (Å²) in [5.74, 6) is 1.61. The highest BCUT2D eigenvalue weighted by Crippen LogP contribution is 2.41. The maximum absolute atomic E-state index is 9.75. The van der Waals surface area contributed by atoms with E-state index in [2.05, 4.69) is 180 Å². The van der Waals surface area contributed by atoms with E-state index in [0.717, 1.165) is 33.8 Å². The number of rotatable bonds is 4. The quantitative estimate of drug-likeness (QED) is 0.118. The number of benzene rings is 4. The summed E-state index contributed by atoms with van der Waals surface area (Å²) < 4.78 is 66.8. The van der Waals surface area contributed by atoms with Crippen molar-refractivity contribution in [1.29, 1.82) is 0 Å². The summed E-state index contributed by atoms with van der Waals surface area (Å²) >= 11 is 0. The van der Waals surface area contributed by atoms with Crippen LogP contribution in [0.3, 0.4) is 0 Å². The predicted molar refractivity (Wildman–Crippen MR) is 222 cm³/mol. The van der Waals surface area contributed by atoms with Gasteiger partial charge in [-0.05, 0) is 79.3 Å². The minimum Gasteiger partial charge on any atom is -0.418 e. The first-order valence-electron chi connectivity index (χ1n) is 19.6. The number of ketones is 2. The van der Waals surface area contributed by atoms with E-state index in [1.54, 1.807) is 0 Å². The van der Waals surface area contributed by atoms with Crippen molar-refractivity contribution in [2.24, 2.45) is 0 Å². The van der Waals surface area contributed by atoms with Crippen LogP contribution < -0.4 is 0 Å². The second-order valence-corrected chi connectivity index (χ2v) is 19.2. The summed E-state index contributed by atoms with van der Waals surface area (Å²) in [4.78, 5) is 0. The average molecular weight is 773 g/mol. The van der Waals surface area contributed by atoms with Crippen LogP contribution in [0.15, 0.2) is 97.1 Å². The molecule has 4 aromatic rings. The summed E-state index contributed by atoms with van der Waals surface area (Å²) in [5.41, 5.74) is 9.41. The van der Waals surface area contributed by atoms with Crippen molar-refractivity contribution < 1.29 is 35.3 Å². The van der Waals surface area contributed by atoms with Gasteiger partial charge in [0, 0.05) is 0 Å². The Morgan fingerprint density at radius 1 is 0.446 bits per heavy atom. The van der Waals surface area contributed by atoms with E-state index < -0.39 is 14.2 Å². The molecule has 0 amide bonds. The van der Waals surface area contributed by atoms with E-state index in [1.165, 1.54) is 22.3 Å². The van der Waals surface area contributed by atoms with Crippen molar-refractivity contribution in [3.63, 3.8) is 0 Å². The highest BCUT2D eigenvalue weighted by molar-refractivity contribution is 6.51. The molecule has 56 heavy (non-hydrogen) atoms. The molecule has 6 rings (SSSR count). The molecule has 0 saturated carbocycles. The topological polar surface area (TPSA) is 41.1 Å². The van der Waals surface area contributed by atoms with Gasteiger partial charge in [0.1, 0.15) is 0 Å². The SMILES string of the molecule is CC(C)(C)c1ccc(C2=[O+][B-]3(OC(c4ccc(C(C)(C)C)cc4)C2)OC(c2ccc(C(C)(C)C)cc2)CC(c2ccc(C(C)(C)C)cc2)=[O+]3)cc1.F[B-](F)(F)F. The molecular weight excluding hydrogens is 714 g/mol. The Labute approximate surface area is 331 Å². The van der Waals surface area contributed by atoms with Crippen LogP contribution >= 0.6 is 0 Å². The third kappa shape index (κ3) is 11.1. The molecule has 300 valence electrons. The van der Waals surface area contributed by atoms with Gasteiger partial charge in [0.25, 0.3) is 11.6 Å². The summed E-state index contributed by atoms with van der Waals surface area (Å²) in [6.07, 6.45) is 0.439. The molecule has 2 heterocycles. The summed E-state index contributed by atoms with van der Waals surface area (Å²) in [6, 6.07) is 35.0. The van der Waals surface area contributed by atoms with E-state index in [4.69, 9.17) is 18.0 Å². The zero-order valence-electron chi connectivity index (χ0n) is 35.1. The number of hydrogen-bond acceptors (Lipinski definition) is 2. The molecule has 2 aliphatic rings. The Hall–Kier alpha value is -4.01. The standard InChI is InChI=1S/C46H58BO4.BF4/c1-43(2,3)35-21-13-31(14-22-35)39-29-40(32-15-23-36(24-16-32)44(4,5)6)49-47(48-39)50-41(33-17-25-37(26-18-33)45(7,8)9)30-42(51-47)34-19-27-38(28-20-34)46(10,11)12;2-1(3,4)5/h13-28,39,41H,29-30H2,1-12H3;/q+1;-1. The molecule has 4 nitrogen and oxygen atoms in total. The zero-order chi connectivity index (χ0) is 41.5. The maximum Gasteiger partial charge on any atom is 1.16 e. The van der Waals surface area contributed by atoms with Crippen molar-refractivity contribution in [3.8, 4) is 0 Å². The first kappa shape index (κ1) is 43.1. The van der Waals surface area contributed by atoms with Gasteiger partial charge in [-0.3, -0.25) is 0 Å². The molecule has 0 N–H and O–H groups in total. The van der Waals surface area contributed by atoms with Crippen molar-refractivity contribution >= 4 is 25.8 Å². The van der Waals surface area contributed by atoms with Crippen LogP contribution in [0.4, 0.5) is 17.3 Å². The fraction of sp³-hybridized carbons (Fsp3) is 0.435. The van der Waals surface area contributed by atoms with Gasteiger partial charge in [0.2, 0.25) is 0 Å². The molecule has 0 aromatic heterocycles. The Balaban J connectivity index is 0.00000113. The molecule has 0 fully saturated rings. The van der Waals surface area contributed by atoms with Crippen LogP contribution in [0.1, 0.15) is 161 Å². The fourth-order valence-electron chi connectivity index (χ4n) is 6.92. The second-order valence-electron chi connectivity index (χ2n) is 19.2. The summed E-state index contributed by atoms with van der Waals surface area (Å²) in [6.45, 7) is 24.1. The van der Waals surface area contributed by atoms with Gasteiger partial charge in [-0.2, -0.15) is 0 Å². The Morgan fingerprint density at radius 2 is 0.679 bits per heavy atom. The molecule has 1 spiro atoms. The monoisotopic (exact) mass is 772 g/mol. The lowest BCUT2D eigenvalue weighted by molar-refractivity contribution is -0.380. The van der Waals surface area contributed by atoms with Crippen LogP contribution in [-0.2, 0) is 31.0 Å². The number of halogens is 4. The lowest BCUT2D eigenvalue weighted by Gasteiger charge is -2.31. The molecule has 0 bridgehead atoms. The van der Waals surface area contributed by atoms with Crippen LogP contribution in [0.2, 0.25) is 0 Å². The smallest absolute Gasteiger partial charge is 0.418 e. The van der Waals surface area contributed by atoms with E-state index >= 15 is 0 Å². The maximum atomic E-state index is 9.75. The highest BCUT2D eigenvalue weighted by Gasteiger charge is 2.74. The van der Waals surface area contributed by atoms with Crippen LogP contribution in [-0.4, -0.2) is 25.8 Å². The molecule has 0 radical (unpaired) electrons. The third-order valence-electron chi connectivity index (χ3n) is 10.4. The summed E-state index contributed by atoms with van der Waals surface area (Å²) in [5, 5.41) is 0.